The van der Waals surface area contributed by atoms with Crippen molar-refractivity contribution in [2.75, 3.05) is 19.0 Å². The zero-order chi connectivity index (χ0) is 22.2. The molecule has 0 bridgehead atoms. The van der Waals surface area contributed by atoms with Crippen molar-refractivity contribution in [2.45, 2.75) is 26.9 Å². The minimum atomic E-state index is -0.231. The van der Waals surface area contributed by atoms with Crippen LogP contribution in [0.5, 0.6) is 11.5 Å². The Balaban J connectivity index is 1.57. The molecule has 0 atom stereocenters. The first kappa shape index (κ1) is 22.8. The van der Waals surface area contributed by atoms with Crippen molar-refractivity contribution in [3.05, 3.63) is 87.4 Å². The Hall–Kier alpha value is -2.83. The number of benzene rings is 3. The van der Waals surface area contributed by atoms with Crippen molar-refractivity contribution < 1.29 is 14.3 Å². The fourth-order valence-electron chi connectivity index (χ4n) is 3.01. The topological polar surface area (TPSA) is 59.6 Å². The molecule has 162 valence electrons. The van der Waals surface area contributed by atoms with Gasteiger partial charge in [-0.15, -0.1) is 0 Å². The summed E-state index contributed by atoms with van der Waals surface area (Å²) in [6.45, 7) is 5.41. The Kier molecular flexibility index (Phi) is 8.09. The predicted molar refractivity (Wildman–Crippen MR) is 128 cm³/mol. The Labute approximate surface area is 191 Å². The first-order valence-electron chi connectivity index (χ1n) is 10.1. The zero-order valence-corrected chi connectivity index (χ0v) is 19.6. The number of amides is 1. The van der Waals surface area contributed by atoms with Gasteiger partial charge >= 0.3 is 0 Å². The standard InChI is InChI=1S/C25H27BrN2O3/c1-17-4-8-19(9-5-17)14-27-15-20-12-23(30-3)24(13-22(20)26)31-16-25(29)28-21-10-6-18(2)7-11-21/h4-13,27H,14-16H2,1-3H3,(H,28,29). The van der Waals surface area contributed by atoms with Gasteiger partial charge in [0.1, 0.15) is 0 Å². The number of carbonyl (C=O) groups is 1. The van der Waals surface area contributed by atoms with Crippen LogP contribution in [0.15, 0.2) is 65.1 Å². The van der Waals surface area contributed by atoms with Crippen LogP contribution < -0.4 is 20.1 Å². The number of nitrogens with one attached hydrogen (secondary N) is 2. The molecule has 0 spiro atoms. The SMILES string of the molecule is COc1cc(CNCc2ccc(C)cc2)c(Br)cc1OCC(=O)Nc1ccc(C)cc1. The summed E-state index contributed by atoms with van der Waals surface area (Å²) in [6.07, 6.45) is 0. The van der Waals surface area contributed by atoms with Crippen LogP contribution in [0.25, 0.3) is 0 Å². The van der Waals surface area contributed by atoms with Crippen molar-refractivity contribution in [1.29, 1.82) is 0 Å². The molecule has 0 saturated carbocycles. The van der Waals surface area contributed by atoms with E-state index in [1.807, 2.05) is 43.3 Å². The molecule has 0 aliphatic carbocycles. The molecule has 3 aromatic carbocycles. The fraction of sp³-hybridized carbons (Fsp3) is 0.240. The minimum Gasteiger partial charge on any atom is -0.493 e. The quantitative estimate of drug-likeness (QED) is 0.429. The van der Waals surface area contributed by atoms with Gasteiger partial charge in [0, 0.05) is 23.2 Å². The lowest BCUT2D eigenvalue weighted by Crippen LogP contribution is -2.20. The highest BCUT2D eigenvalue weighted by Crippen LogP contribution is 2.33. The van der Waals surface area contributed by atoms with E-state index >= 15 is 0 Å². The Morgan fingerprint density at radius 3 is 2.19 bits per heavy atom. The lowest BCUT2D eigenvalue weighted by Gasteiger charge is -2.14. The summed E-state index contributed by atoms with van der Waals surface area (Å²) in [4.78, 5) is 12.2. The van der Waals surface area contributed by atoms with Gasteiger partial charge in [0.15, 0.2) is 18.1 Å². The molecule has 5 nitrogen and oxygen atoms in total. The van der Waals surface area contributed by atoms with Gasteiger partial charge in [-0.3, -0.25) is 4.79 Å². The minimum absolute atomic E-state index is 0.109. The summed E-state index contributed by atoms with van der Waals surface area (Å²) in [7, 11) is 1.59. The van der Waals surface area contributed by atoms with E-state index in [1.165, 1.54) is 11.1 Å². The number of hydrogen-bond acceptors (Lipinski definition) is 4. The molecule has 1 amide bonds. The van der Waals surface area contributed by atoms with Crippen LogP contribution in [0.3, 0.4) is 0 Å². The second-order valence-corrected chi connectivity index (χ2v) is 8.24. The summed E-state index contributed by atoms with van der Waals surface area (Å²) in [6, 6.07) is 19.8. The van der Waals surface area contributed by atoms with Crippen molar-refractivity contribution in [1.82, 2.24) is 5.32 Å². The second-order valence-electron chi connectivity index (χ2n) is 7.39. The summed E-state index contributed by atoms with van der Waals surface area (Å²) >= 11 is 3.60. The molecule has 0 unspecified atom stereocenters. The predicted octanol–water partition coefficient (Wildman–Crippen LogP) is 5.38. The number of ether oxygens (including phenoxy) is 2. The Morgan fingerprint density at radius 2 is 1.55 bits per heavy atom. The lowest BCUT2D eigenvalue weighted by molar-refractivity contribution is -0.118. The van der Waals surface area contributed by atoms with Gasteiger partial charge in [-0.05, 0) is 49.2 Å². The van der Waals surface area contributed by atoms with Gasteiger partial charge in [-0.2, -0.15) is 0 Å². The maximum atomic E-state index is 12.2. The molecule has 6 heteroatoms. The van der Waals surface area contributed by atoms with Gasteiger partial charge in [0.2, 0.25) is 0 Å². The molecule has 0 aliphatic heterocycles. The first-order chi connectivity index (χ1) is 14.9. The average Bonchev–Trinajstić information content (AvgIpc) is 2.76. The van der Waals surface area contributed by atoms with E-state index in [0.29, 0.717) is 18.0 Å². The summed E-state index contributed by atoms with van der Waals surface area (Å²) < 4.78 is 12.1. The smallest absolute Gasteiger partial charge is 0.262 e. The number of aryl methyl sites for hydroxylation is 2. The van der Waals surface area contributed by atoms with Crippen molar-refractivity contribution in [3.63, 3.8) is 0 Å². The van der Waals surface area contributed by atoms with Crippen LogP contribution >= 0.6 is 15.9 Å². The maximum absolute atomic E-state index is 12.2. The molecule has 0 heterocycles. The van der Waals surface area contributed by atoms with Crippen molar-refractivity contribution in [3.8, 4) is 11.5 Å². The lowest BCUT2D eigenvalue weighted by atomic mass is 10.1. The van der Waals surface area contributed by atoms with Crippen LogP contribution in [0.1, 0.15) is 22.3 Å². The normalized spacial score (nSPS) is 10.6. The largest absolute Gasteiger partial charge is 0.493 e. The molecular formula is C25H27BrN2O3. The summed E-state index contributed by atoms with van der Waals surface area (Å²) in [5, 5.41) is 6.26. The van der Waals surface area contributed by atoms with Crippen LogP contribution in [0.4, 0.5) is 5.69 Å². The van der Waals surface area contributed by atoms with E-state index in [9.17, 15) is 4.79 Å². The fourth-order valence-corrected chi connectivity index (χ4v) is 3.47. The third-order valence-electron chi connectivity index (χ3n) is 4.79. The summed E-state index contributed by atoms with van der Waals surface area (Å²) in [5.41, 5.74) is 5.40. The van der Waals surface area contributed by atoms with E-state index in [1.54, 1.807) is 7.11 Å². The molecule has 0 saturated heterocycles. The molecule has 0 aromatic heterocycles. The van der Waals surface area contributed by atoms with Crippen LogP contribution in [0, 0.1) is 13.8 Å². The van der Waals surface area contributed by atoms with Gasteiger partial charge in [0.05, 0.1) is 7.11 Å². The number of halogens is 1. The molecule has 0 fully saturated rings. The molecule has 0 aliphatic rings. The van der Waals surface area contributed by atoms with Crippen LogP contribution in [-0.4, -0.2) is 19.6 Å². The Bertz CT molecular complexity index is 1020. The highest BCUT2D eigenvalue weighted by atomic mass is 79.9. The average molecular weight is 483 g/mol. The van der Waals surface area contributed by atoms with E-state index < -0.39 is 0 Å². The van der Waals surface area contributed by atoms with E-state index in [2.05, 4.69) is 57.8 Å². The molecule has 3 rings (SSSR count). The molecule has 0 radical (unpaired) electrons. The van der Waals surface area contributed by atoms with Gasteiger partial charge in [-0.25, -0.2) is 0 Å². The Morgan fingerprint density at radius 1 is 0.903 bits per heavy atom. The monoisotopic (exact) mass is 482 g/mol. The summed E-state index contributed by atoms with van der Waals surface area (Å²) in [5.74, 6) is 0.861. The van der Waals surface area contributed by atoms with E-state index in [4.69, 9.17) is 9.47 Å². The van der Waals surface area contributed by atoms with E-state index in [-0.39, 0.29) is 12.5 Å². The highest BCUT2D eigenvalue weighted by Gasteiger charge is 2.12. The molecule has 2 N–H and O–H groups in total. The number of anilines is 1. The molecule has 3 aromatic rings. The van der Waals surface area contributed by atoms with Crippen molar-refractivity contribution >= 4 is 27.5 Å². The van der Waals surface area contributed by atoms with Crippen molar-refractivity contribution in [2.24, 2.45) is 0 Å². The van der Waals surface area contributed by atoms with Gasteiger partial charge < -0.3 is 20.1 Å². The molecular weight excluding hydrogens is 456 g/mol. The first-order valence-corrected chi connectivity index (χ1v) is 10.9. The third kappa shape index (κ3) is 6.84. The van der Waals surface area contributed by atoms with Crippen LogP contribution in [-0.2, 0) is 17.9 Å². The van der Waals surface area contributed by atoms with Crippen LogP contribution in [0.2, 0.25) is 0 Å². The van der Waals surface area contributed by atoms with E-state index in [0.717, 1.165) is 27.8 Å². The molecule has 31 heavy (non-hydrogen) atoms. The highest BCUT2D eigenvalue weighted by molar-refractivity contribution is 9.10. The van der Waals surface area contributed by atoms with Gasteiger partial charge in [0.25, 0.3) is 5.91 Å². The van der Waals surface area contributed by atoms with Gasteiger partial charge in [-0.1, -0.05) is 63.5 Å². The number of rotatable bonds is 9. The second kappa shape index (κ2) is 11.0. The number of methoxy groups -OCH3 is 1. The number of carbonyl (C=O) groups excluding carboxylic acids is 1. The third-order valence-corrected chi connectivity index (χ3v) is 5.53. The zero-order valence-electron chi connectivity index (χ0n) is 18.0. The number of hydrogen-bond donors (Lipinski definition) is 2. The maximum Gasteiger partial charge on any atom is 0.262 e.